The first kappa shape index (κ1) is 20.0. The lowest BCUT2D eigenvalue weighted by Crippen LogP contribution is -2.48. The van der Waals surface area contributed by atoms with Gasteiger partial charge in [-0.15, -0.1) is 0 Å². The lowest BCUT2D eigenvalue weighted by molar-refractivity contribution is 0.0498. The molecule has 1 aliphatic heterocycles. The topological polar surface area (TPSA) is 92.8 Å². The van der Waals surface area contributed by atoms with Crippen molar-refractivity contribution in [3.8, 4) is 0 Å². The normalized spacial score (nSPS) is 15.6. The second-order valence-corrected chi connectivity index (χ2v) is 9.53. The number of hydrogen-bond acceptors (Lipinski definition) is 5. The molecule has 0 fully saturated rings. The van der Waals surface area contributed by atoms with E-state index in [1.807, 2.05) is 0 Å². The van der Waals surface area contributed by atoms with Crippen molar-refractivity contribution in [2.45, 2.75) is 32.4 Å². The van der Waals surface area contributed by atoms with Gasteiger partial charge in [0.2, 0.25) is 0 Å². The predicted molar refractivity (Wildman–Crippen MR) is 99.4 cm³/mol. The second kappa shape index (κ2) is 7.11. The van der Waals surface area contributed by atoms with Gasteiger partial charge in [0.05, 0.1) is 11.8 Å². The van der Waals surface area contributed by atoms with E-state index in [4.69, 9.17) is 4.74 Å². The Balaban J connectivity index is 2.18. The van der Waals surface area contributed by atoms with Gasteiger partial charge in [0.15, 0.2) is 0 Å². The summed E-state index contributed by atoms with van der Waals surface area (Å²) in [7, 11) is -3.39. The monoisotopic (exact) mass is 380 g/mol. The van der Waals surface area contributed by atoms with Crippen molar-refractivity contribution in [1.29, 1.82) is 0 Å². The van der Waals surface area contributed by atoms with Crippen molar-refractivity contribution in [3.63, 3.8) is 0 Å². The molecule has 1 aromatic rings. The number of fused-ring (bicyclic) bond motifs is 1. The minimum atomic E-state index is -3.39. The van der Waals surface area contributed by atoms with E-state index < -0.39 is 27.6 Å². The van der Waals surface area contributed by atoms with Crippen LogP contribution < -0.4 is 5.32 Å². The zero-order valence-electron chi connectivity index (χ0n) is 15.4. The summed E-state index contributed by atoms with van der Waals surface area (Å²) >= 11 is 0. The Bertz CT molecular complexity index is 804. The van der Waals surface area contributed by atoms with E-state index in [1.54, 1.807) is 45.0 Å². The van der Waals surface area contributed by atoms with Crippen molar-refractivity contribution in [2.75, 3.05) is 18.6 Å². The Kier molecular flexibility index (Phi) is 5.46. The third-order valence-electron chi connectivity index (χ3n) is 3.67. The summed E-state index contributed by atoms with van der Waals surface area (Å²) in [5.41, 5.74) is 0.971. The van der Waals surface area contributed by atoms with Gasteiger partial charge in [0.1, 0.15) is 15.4 Å². The Morgan fingerprint density at radius 2 is 1.85 bits per heavy atom. The average molecular weight is 380 g/mol. The molecule has 0 unspecified atom stereocenters. The van der Waals surface area contributed by atoms with E-state index in [0.29, 0.717) is 16.8 Å². The molecule has 0 aromatic heterocycles. The maximum Gasteiger partial charge on any atom is 0.407 e. The van der Waals surface area contributed by atoms with Gasteiger partial charge in [-0.25, -0.2) is 13.2 Å². The van der Waals surface area contributed by atoms with Crippen LogP contribution in [-0.2, 0) is 14.6 Å². The molecule has 1 heterocycles. The number of hydrogen-bond donors (Lipinski definition) is 1. The first-order valence-electron chi connectivity index (χ1n) is 8.15. The minimum absolute atomic E-state index is 0.0152. The number of ether oxygens (including phenoxy) is 1. The van der Waals surface area contributed by atoms with E-state index in [1.165, 1.54) is 4.90 Å². The predicted octanol–water partition coefficient (Wildman–Crippen LogP) is 2.05. The van der Waals surface area contributed by atoms with Gasteiger partial charge in [-0.05, 0) is 26.8 Å². The van der Waals surface area contributed by atoms with Crippen LogP contribution in [0.2, 0.25) is 0 Å². The van der Waals surface area contributed by atoms with Crippen molar-refractivity contribution in [3.05, 3.63) is 42.0 Å². The molecule has 0 aliphatic carbocycles. The molecule has 1 aliphatic rings. The van der Waals surface area contributed by atoms with Crippen LogP contribution in [0.1, 0.15) is 36.7 Å². The van der Waals surface area contributed by atoms with E-state index in [2.05, 4.69) is 11.9 Å². The maximum absolute atomic E-state index is 12.6. The van der Waals surface area contributed by atoms with Gasteiger partial charge < -0.3 is 15.0 Å². The van der Waals surface area contributed by atoms with Crippen molar-refractivity contribution < 1.29 is 22.7 Å². The summed E-state index contributed by atoms with van der Waals surface area (Å²) in [5, 5.41) is 2.55. The van der Waals surface area contributed by atoms with Gasteiger partial charge in [0.25, 0.3) is 5.91 Å². The van der Waals surface area contributed by atoms with Crippen LogP contribution in [0.4, 0.5) is 4.79 Å². The number of carbonyl (C=O) groups excluding carboxylic acids is 2. The lowest BCUT2D eigenvalue weighted by Gasteiger charge is -2.27. The molecule has 0 radical (unpaired) electrons. The van der Waals surface area contributed by atoms with Crippen LogP contribution in [0.5, 0.6) is 0 Å². The SMILES string of the molecule is C=C1c2ccccc2C(=O)N1C[C@H](CS(C)(=O)=O)NC(=O)OC(C)(C)C. The number of nitrogens with zero attached hydrogens (tertiary/aromatic N) is 1. The lowest BCUT2D eigenvalue weighted by atomic mass is 10.1. The number of nitrogens with one attached hydrogen (secondary N) is 1. The zero-order valence-corrected chi connectivity index (χ0v) is 16.2. The van der Waals surface area contributed by atoms with E-state index >= 15 is 0 Å². The molecule has 7 nitrogen and oxygen atoms in total. The van der Waals surface area contributed by atoms with E-state index in [-0.39, 0.29) is 18.2 Å². The number of benzene rings is 1. The Morgan fingerprint density at radius 3 is 2.35 bits per heavy atom. The first-order valence-corrected chi connectivity index (χ1v) is 10.2. The molecule has 26 heavy (non-hydrogen) atoms. The average Bonchev–Trinajstić information content (AvgIpc) is 2.69. The molecule has 2 amide bonds. The zero-order chi connectivity index (χ0) is 19.7. The second-order valence-electron chi connectivity index (χ2n) is 7.34. The summed E-state index contributed by atoms with van der Waals surface area (Å²) in [6.45, 7) is 9.04. The van der Waals surface area contributed by atoms with Crippen LogP contribution in [0.15, 0.2) is 30.8 Å². The Hall–Kier alpha value is -2.35. The Morgan fingerprint density at radius 1 is 1.27 bits per heavy atom. The van der Waals surface area contributed by atoms with Crippen LogP contribution in [-0.4, -0.2) is 55.5 Å². The highest BCUT2D eigenvalue weighted by Crippen LogP contribution is 2.31. The van der Waals surface area contributed by atoms with Gasteiger partial charge >= 0.3 is 6.09 Å². The molecule has 1 aromatic carbocycles. The molecule has 8 heteroatoms. The fraction of sp³-hybridized carbons (Fsp3) is 0.444. The first-order chi connectivity index (χ1) is 11.9. The summed E-state index contributed by atoms with van der Waals surface area (Å²) in [5.74, 6) is -0.588. The molecule has 0 saturated carbocycles. The molecular weight excluding hydrogens is 356 g/mol. The van der Waals surface area contributed by atoms with Crippen LogP contribution in [0.25, 0.3) is 5.70 Å². The van der Waals surface area contributed by atoms with Gasteiger partial charge in [-0.2, -0.15) is 0 Å². The highest BCUT2D eigenvalue weighted by Gasteiger charge is 2.33. The van der Waals surface area contributed by atoms with Crippen molar-refractivity contribution in [1.82, 2.24) is 10.2 Å². The summed E-state index contributed by atoms with van der Waals surface area (Å²) < 4.78 is 28.7. The van der Waals surface area contributed by atoms with Crippen LogP contribution in [0.3, 0.4) is 0 Å². The fourth-order valence-corrected chi connectivity index (χ4v) is 3.65. The number of sulfone groups is 1. The minimum Gasteiger partial charge on any atom is -0.444 e. The number of carbonyl (C=O) groups is 2. The maximum atomic E-state index is 12.6. The highest BCUT2D eigenvalue weighted by atomic mass is 32.2. The molecule has 0 bridgehead atoms. The van der Waals surface area contributed by atoms with Crippen molar-refractivity contribution in [2.24, 2.45) is 0 Å². The summed E-state index contributed by atoms with van der Waals surface area (Å²) in [6.07, 6.45) is 0.340. The smallest absolute Gasteiger partial charge is 0.407 e. The third kappa shape index (κ3) is 5.08. The van der Waals surface area contributed by atoms with Gasteiger partial charge in [-0.3, -0.25) is 4.79 Å². The molecule has 142 valence electrons. The van der Waals surface area contributed by atoms with E-state index in [0.717, 1.165) is 6.26 Å². The standard InChI is InChI=1S/C18H24N2O5S/c1-12-14-8-6-7-9-15(14)16(21)20(12)10-13(11-26(5,23)24)19-17(22)25-18(2,3)4/h6-9,13H,1,10-11H2,2-5H3,(H,19,22)/t13-/m1/s1. The molecule has 0 saturated heterocycles. The van der Waals surface area contributed by atoms with E-state index in [9.17, 15) is 18.0 Å². The van der Waals surface area contributed by atoms with Gasteiger partial charge in [0, 0.05) is 29.6 Å². The highest BCUT2D eigenvalue weighted by molar-refractivity contribution is 7.90. The summed E-state index contributed by atoms with van der Waals surface area (Å²) in [4.78, 5) is 26.0. The number of alkyl carbamates (subject to hydrolysis) is 1. The molecular formula is C18H24N2O5S. The molecule has 0 spiro atoms. The molecule has 1 atom stereocenters. The summed E-state index contributed by atoms with van der Waals surface area (Å²) in [6, 6.07) is 6.20. The number of rotatable bonds is 5. The van der Waals surface area contributed by atoms with Crippen LogP contribution in [0, 0.1) is 0 Å². The van der Waals surface area contributed by atoms with Crippen LogP contribution >= 0.6 is 0 Å². The molecule has 2 rings (SSSR count). The van der Waals surface area contributed by atoms with Gasteiger partial charge in [-0.1, -0.05) is 24.8 Å². The quantitative estimate of drug-likeness (QED) is 0.844. The third-order valence-corrected chi connectivity index (χ3v) is 4.67. The number of amides is 2. The largest absolute Gasteiger partial charge is 0.444 e. The Labute approximate surface area is 153 Å². The fourth-order valence-electron chi connectivity index (χ4n) is 2.73. The van der Waals surface area contributed by atoms with Crippen molar-refractivity contribution >= 4 is 27.5 Å². The molecule has 1 N–H and O–H groups in total.